The number of benzene rings is 1. The van der Waals surface area contributed by atoms with Crippen LogP contribution < -0.4 is 10.1 Å². The van der Waals surface area contributed by atoms with Gasteiger partial charge < -0.3 is 19.7 Å². The molecule has 2 aliphatic heterocycles. The molecule has 1 N–H and O–H groups in total. The van der Waals surface area contributed by atoms with E-state index in [4.69, 9.17) is 4.74 Å². The Morgan fingerprint density at radius 2 is 2.19 bits per heavy atom. The average molecular weight is 375 g/mol. The topological polar surface area (TPSA) is 111 Å². The molecule has 2 aliphatic rings. The van der Waals surface area contributed by atoms with Gasteiger partial charge in [-0.05, 0) is 26.3 Å². The molecule has 144 valence electrons. The normalized spacial score (nSPS) is 18.0. The Labute approximate surface area is 156 Å². The maximum atomic E-state index is 12.5. The van der Waals surface area contributed by atoms with Crippen molar-refractivity contribution in [3.8, 4) is 5.75 Å². The van der Waals surface area contributed by atoms with Gasteiger partial charge in [-0.1, -0.05) is 0 Å². The number of methoxy groups -OCH3 is 1. The largest absolute Gasteiger partial charge is 0.483 e. The maximum absolute atomic E-state index is 12.5. The summed E-state index contributed by atoms with van der Waals surface area (Å²) in [6.07, 6.45) is 0.494. The first-order valence-electron chi connectivity index (χ1n) is 8.58. The van der Waals surface area contributed by atoms with E-state index in [1.165, 1.54) is 19.2 Å². The second-order valence-corrected chi connectivity index (χ2v) is 6.87. The number of carbonyl (C=O) groups excluding carboxylic acids is 2. The molecular weight excluding hydrogens is 354 g/mol. The zero-order valence-electron chi connectivity index (χ0n) is 15.4. The molecule has 0 atom stereocenters. The van der Waals surface area contributed by atoms with Crippen molar-refractivity contribution in [1.29, 1.82) is 0 Å². The molecule has 1 saturated heterocycles. The number of nitro benzene ring substituents is 1. The third-order valence-corrected chi connectivity index (χ3v) is 4.75. The number of nitro groups is 1. The molecule has 27 heavy (non-hydrogen) atoms. The summed E-state index contributed by atoms with van der Waals surface area (Å²) >= 11 is 0. The summed E-state index contributed by atoms with van der Waals surface area (Å²) in [6.45, 7) is 4.24. The van der Waals surface area contributed by atoms with Crippen molar-refractivity contribution < 1.29 is 24.0 Å². The number of alkyl carbamates (subject to hydrolysis) is 1. The molecule has 0 radical (unpaired) electrons. The van der Waals surface area contributed by atoms with Gasteiger partial charge in [0, 0.05) is 42.8 Å². The summed E-state index contributed by atoms with van der Waals surface area (Å²) < 4.78 is 10.7. The standard InChI is InChI=1S/C18H21N3O6/c1-18(2)13(10-19-17(23)26-3)16(20-8-4-5-15(20)22)12-9-11(21(24)25)6-7-14(12)27-18/h6-7,9H,4-5,8,10H2,1-3H3,(H,19,23). The van der Waals surface area contributed by atoms with Gasteiger partial charge in [-0.3, -0.25) is 14.9 Å². The van der Waals surface area contributed by atoms with Crippen LogP contribution >= 0.6 is 0 Å². The SMILES string of the molecule is COC(=O)NCC1=C(N2CCCC2=O)c2cc([N+](=O)[O-])ccc2OC1(C)C. The van der Waals surface area contributed by atoms with Crippen molar-refractivity contribution in [2.75, 3.05) is 20.2 Å². The predicted molar refractivity (Wildman–Crippen MR) is 96.1 cm³/mol. The number of hydrogen-bond acceptors (Lipinski definition) is 6. The van der Waals surface area contributed by atoms with E-state index in [0.717, 1.165) is 0 Å². The number of hydrogen-bond donors (Lipinski definition) is 1. The highest BCUT2D eigenvalue weighted by Gasteiger charge is 2.40. The summed E-state index contributed by atoms with van der Waals surface area (Å²) in [4.78, 5) is 36.4. The molecule has 1 aromatic rings. The molecule has 0 saturated carbocycles. The molecule has 1 aromatic carbocycles. The van der Waals surface area contributed by atoms with Gasteiger partial charge in [-0.2, -0.15) is 0 Å². The van der Waals surface area contributed by atoms with Crippen LogP contribution in [0.4, 0.5) is 10.5 Å². The van der Waals surface area contributed by atoms with Gasteiger partial charge in [-0.25, -0.2) is 4.79 Å². The van der Waals surface area contributed by atoms with E-state index in [9.17, 15) is 19.7 Å². The van der Waals surface area contributed by atoms with Crippen LogP contribution in [0, 0.1) is 10.1 Å². The van der Waals surface area contributed by atoms with Crippen molar-refractivity contribution in [1.82, 2.24) is 10.2 Å². The third-order valence-electron chi connectivity index (χ3n) is 4.75. The molecule has 2 heterocycles. The zero-order valence-corrected chi connectivity index (χ0v) is 15.4. The van der Waals surface area contributed by atoms with E-state index in [2.05, 4.69) is 10.1 Å². The van der Waals surface area contributed by atoms with E-state index < -0.39 is 16.6 Å². The first-order valence-corrected chi connectivity index (χ1v) is 8.58. The van der Waals surface area contributed by atoms with Crippen molar-refractivity contribution in [3.63, 3.8) is 0 Å². The Hall–Kier alpha value is -3.10. The van der Waals surface area contributed by atoms with E-state index in [1.807, 2.05) is 13.8 Å². The number of non-ortho nitro benzene ring substituents is 1. The highest BCUT2D eigenvalue weighted by atomic mass is 16.6. The van der Waals surface area contributed by atoms with Crippen molar-refractivity contribution in [3.05, 3.63) is 39.4 Å². The second kappa shape index (κ2) is 6.90. The van der Waals surface area contributed by atoms with E-state index in [0.29, 0.717) is 42.0 Å². The lowest BCUT2D eigenvalue weighted by Crippen LogP contribution is -2.43. The summed E-state index contributed by atoms with van der Waals surface area (Å²) in [5.74, 6) is 0.401. The number of amides is 2. The summed E-state index contributed by atoms with van der Waals surface area (Å²) in [6, 6.07) is 4.32. The highest BCUT2D eigenvalue weighted by Crippen LogP contribution is 2.44. The summed E-state index contributed by atoms with van der Waals surface area (Å²) in [7, 11) is 1.26. The minimum absolute atomic E-state index is 0.0595. The lowest BCUT2D eigenvalue weighted by Gasteiger charge is -2.39. The van der Waals surface area contributed by atoms with Gasteiger partial charge in [0.1, 0.15) is 11.4 Å². The lowest BCUT2D eigenvalue weighted by atomic mass is 9.88. The Morgan fingerprint density at radius 1 is 1.44 bits per heavy atom. The first kappa shape index (κ1) is 18.7. The van der Waals surface area contributed by atoms with Gasteiger partial charge in [0.2, 0.25) is 5.91 Å². The molecule has 0 unspecified atom stereocenters. The van der Waals surface area contributed by atoms with Crippen LogP contribution in [0.15, 0.2) is 23.8 Å². The third kappa shape index (κ3) is 3.44. The monoisotopic (exact) mass is 375 g/mol. The first-order chi connectivity index (χ1) is 12.7. The van der Waals surface area contributed by atoms with E-state index in [1.54, 1.807) is 11.0 Å². The zero-order chi connectivity index (χ0) is 19.8. The van der Waals surface area contributed by atoms with Crippen molar-refractivity contribution in [2.45, 2.75) is 32.3 Å². The van der Waals surface area contributed by atoms with Crippen LogP contribution in [0.1, 0.15) is 32.3 Å². The molecule has 3 rings (SSSR count). The minimum Gasteiger partial charge on any atom is -0.483 e. The number of ether oxygens (including phenoxy) is 2. The Kier molecular flexibility index (Phi) is 4.77. The molecular formula is C18H21N3O6. The summed E-state index contributed by atoms with van der Waals surface area (Å²) in [5, 5.41) is 13.9. The smallest absolute Gasteiger partial charge is 0.407 e. The van der Waals surface area contributed by atoms with E-state index >= 15 is 0 Å². The second-order valence-electron chi connectivity index (χ2n) is 6.87. The molecule has 9 heteroatoms. The molecule has 9 nitrogen and oxygen atoms in total. The summed E-state index contributed by atoms with van der Waals surface area (Å²) in [5.41, 5.74) is 0.754. The van der Waals surface area contributed by atoms with Crippen molar-refractivity contribution >= 4 is 23.4 Å². The van der Waals surface area contributed by atoms with Crippen LogP contribution in [-0.4, -0.2) is 47.6 Å². The molecule has 0 aromatic heterocycles. The molecule has 0 aliphatic carbocycles. The van der Waals surface area contributed by atoms with Gasteiger partial charge in [0.15, 0.2) is 0 Å². The van der Waals surface area contributed by atoms with Gasteiger partial charge in [0.25, 0.3) is 5.69 Å². The quantitative estimate of drug-likeness (QED) is 0.639. The fourth-order valence-electron chi connectivity index (χ4n) is 3.41. The molecule has 1 fully saturated rings. The van der Waals surface area contributed by atoms with E-state index in [-0.39, 0.29) is 18.1 Å². The van der Waals surface area contributed by atoms with Gasteiger partial charge in [0.05, 0.1) is 17.7 Å². The van der Waals surface area contributed by atoms with Crippen LogP contribution in [0.3, 0.4) is 0 Å². The number of fused-ring (bicyclic) bond motifs is 1. The molecule has 2 amide bonds. The van der Waals surface area contributed by atoms with Crippen LogP contribution in [-0.2, 0) is 9.53 Å². The van der Waals surface area contributed by atoms with Gasteiger partial charge in [-0.15, -0.1) is 0 Å². The average Bonchev–Trinajstić information content (AvgIpc) is 3.03. The lowest BCUT2D eigenvalue weighted by molar-refractivity contribution is -0.384. The molecule has 0 bridgehead atoms. The van der Waals surface area contributed by atoms with Crippen LogP contribution in [0.2, 0.25) is 0 Å². The molecule has 0 spiro atoms. The van der Waals surface area contributed by atoms with Crippen molar-refractivity contribution in [2.24, 2.45) is 0 Å². The highest BCUT2D eigenvalue weighted by molar-refractivity contribution is 5.92. The number of rotatable bonds is 4. The predicted octanol–water partition coefficient (Wildman–Crippen LogP) is 2.46. The number of carbonyl (C=O) groups is 2. The van der Waals surface area contributed by atoms with Crippen LogP contribution in [0.25, 0.3) is 5.70 Å². The number of nitrogens with one attached hydrogen (secondary N) is 1. The fourth-order valence-corrected chi connectivity index (χ4v) is 3.41. The Morgan fingerprint density at radius 3 is 2.78 bits per heavy atom. The maximum Gasteiger partial charge on any atom is 0.407 e. The Balaban J connectivity index is 2.18. The Bertz CT molecular complexity index is 845. The number of nitrogens with zero attached hydrogens (tertiary/aromatic N) is 2. The minimum atomic E-state index is -0.831. The number of likely N-dealkylation sites (tertiary alicyclic amines) is 1. The van der Waals surface area contributed by atoms with Crippen LogP contribution in [0.5, 0.6) is 5.75 Å². The van der Waals surface area contributed by atoms with Gasteiger partial charge >= 0.3 is 6.09 Å². The fraction of sp³-hybridized carbons (Fsp3) is 0.444.